The van der Waals surface area contributed by atoms with E-state index in [0.29, 0.717) is 42.9 Å². The molecule has 2 amide bonds. The van der Waals surface area contributed by atoms with Crippen molar-refractivity contribution >= 4 is 11.8 Å². The van der Waals surface area contributed by atoms with Gasteiger partial charge in [-0.25, -0.2) is 4.98 Å². The first-order valence-electron chi connectivity index (χ1n) is 8.39. The van der Waals surface area contributed by atoms with Crippen molar-refractivity contribution in [3.63, 3.8) is 0 Å². The molecule has 0 radical (unpaired) electrons. The quantitative estimate of drug-likeness (QED) is 0.903. The van der Waals surface area contributed by atoms with Gasteiger partial charge in [-0.05, 0) is 13.3 Å². The number of aromatic nitrogens is 2. The summed E-state index contributed by atoms with van der Waals surface area (Å²) in [4.78, 5) is 31.4. The van der Waals surface area contributed by atoms with Gasteiger partial charge in [0.05, 0.1) is 29.7 Å². The van der Waals surface area contributed by atoms with E-state index < -0.39 is 0 Å². The number of nitrogens with one attached hydrogen (secondary N) is 1. The van der Waals surface area contributed by atoms with E-state index in [4.69, 9.17) is 4.42 Å². The Morgan fingerprint density at radius 3 is 3.12 bits per heavy atom. The number of imidazole rings is 1. The summed E-state index contributed by atoms with van der Waals surface area (Å²) in [6.07, 6.45) is 5.53. The summed E-state index contributed by atoms with van der Waals surface area (Å²) in [5.41, 5.74) is 2.91. The van der Waals surface area contributed by atoms with Crippen molar-refractivity contribution in [2.45, 2.75) is 39.3 Å². The van der Waals surface area contributed by atoms with Crippen LogP contribution in [0.1, 0.15) is 51.2 Å². The largest absolute Gasteiger partial charge is 0.468 e. The number of carbonyl (C=O) groups is 2. The number of rotatable bonds is 2. The highest BCUT2D eigenvalue weighted by Crippen LogP contribution is 2.25. The maximum atomic E-state index is 12.9. The molecule has 24 heavy (non-hydrogen) atoms. The second-order valence-corrected chi connectivity index (χ2v) is 6.21. The van der Waals surface area contributed by atoms with Gasteiger partial charge in [0.2, 0.25) is 0 Å². The third-order valence-corrected chi connectivity index (χ3v) is 4.81. The smallest absolute Gasteiger partial charge is 0.258 e. The minimum absolute atomic E-state index is 0.159. The zero-order valence-corrected chi connectivity index (χ0v) is 13.7. The molecular weight excluding hydrogens is 308 g/mol. The van der Waals surface area contributed by atoms with E-state index in [2.05, 4.69) is 21.8 Å². The lowest BCUT2D eigenvalue weighted by Crippen LogP contribution is -2.37. The summed E-state index contributed by atoms with van der Waals surface area (Å²) in [5.74, 6) is 0.239. The van der Waals surface area contributed by atoms with Crippen molar-refractivity contribution in [1.82, 2.24) is 19.8 Å². The van der Waals surface area contributed by atoms with Gasteiger partial charge in [0.1, 0.15) is 12.0 Å². The number of carbonyl (C=O) groups excluding carboxylic acids is 2. The first-order chi connectivity index (χ1) is 11.7. The molecule has 0 bridgehead atoms. The van der Waals surface area contributed by atoms with Crippen LogP contribution in [0, 0.1) is 0 Å². The number of aryl methyl sites for hydroxylation is 2. The van der Waals surface area contributed by atoms with Crippen LogP contribution in [-0.4, -0.2) is 39.4 Å². The fraction of sp³-hybridized carbons (Fsp3) is 0.471. The average molecular weight is 328 g/mol. The van der Waals surface area contributed by atoms with Crippen LogP contribution in [-0.2, 0) is 25.9 Å². The number of hydrogen-bond donors (Lipinski definition) is 1. The van der Waals surface area contributed by atoms with Crippen molar-refractivity contribution < 1.29 is 14.0 Å². The van der Waals surface area contributed by atoms with Crippen LogP contribution in [0.25, 0.3) is 0 Å². The first-order valence-corrected chi connectivity index (χ1v) is 8.39. The Kier molecular flexibility index (Phi) is 3.63. The van der Waals surface area contributed by atoms with Crippen LogP contribution in [0.2, 0.25) is 0 Å². The molecule has 4 rings (SSSR count). The Balaban J connectivity index is 1.61. The topological polar surface area (TPSA) is 80.4 Å². The molecule has 4 heterocycles. The van der Waals surface area contributed by atoms with E-state index in [1.165, 1.54) is 12.0 Å². The number of hydrogen-bond acceptors (Lipinski definition) is 4. The zero-order chi connectivity index (χ0) is 16.7. The van der Waals surface area contributed by atoms with Crippen LogP contribution in [0.4, 0.5) is 0 Å². The summed E-state index contributed by atoms with van der Waals surface area (Å²) in [7, 11) is 0. The van der Waals surface area contributed by atoms with Gasteiger partial charge < -0.3 is 19.2 Å². The second-order valence-electron chi connectivity index (χ2n) is 6.21. The highest BCUT2D eigenvalue weighted by atomic mass is 16.3. The Hall–Kier alpha value is -2.57. The van der Waals surface area contributed by atoms with Crippen LogP contribution in [0.5, 0.6) is 0 Å². The van der Waals surface area contributed by atoms with E-state index >= 15 is 0 Å². The van der Waals surface area contributed by atoms with Crippen LogP contribution in [0.3, 0.4) is 0 Å². The maximum Gasteiger partial charge on any atom is 0.258 e. The highest BCUT2D eigenvalue weighted by Gasteiger charge is 2.31. The van der Waals surface area contributed by atoms with Gasteiger partial charge >= 0.3 is 0 Å². The van der Waals surface area contributed by atoms with Crippen LogP contribution < -0.4 is 5.32 Å². The van der Waals surface area contributed by atoms with Gasteiger partial charge in [-0.15, -0.1) is 0 Å². The second kappa shape index (κ2) is 5.81. The Morgan fingerprint density at radius 1 is 1.42 bits per heavy atom. The lowest BCUT2D eigenvalue weighted by atomic mass is 10.1. The SMILES string of the molecule is CCn1cnc2c1CCN(C(=O)c1coc3c1C(=O)NCCC3)C2. The third-order valence-electron chi connectivity index (χ3n) is 4.81. The van der Waals surface area contributed by atoms with Gasteiger partial charge in [-0.3, -0.25) is 9.59 Å². The fourth-order valence-corrected chi connectivity index (χ4v) is 3.51. The van der Waals surface area contributed by atoms with E-state index in [1.807, 2.05) is 6.33 Å². The zero-order valence-electron chi connectivity index (χ0n) is 13.7. The Bertz CT molecular complexity index is 805. The van der Waals surface area contributed by atoms with Gasteiger partial charge in [0.15, 0.2) is 0 Å². The summed E-state index contributed by atoms with van der Waals surface area (Å²) < 4.78 is 7.63. The van der Waals surface area contributed by atoms with E-state index in [-0.39, 0.29) is 11.8 Å². The van der Waals surface area contributed by atoms with E-state index in [0.717, 1.165) is 25.1 Å². The highest BCUT2D eigenvalue weighted by molar-refractivity contribution is 6.08. The molecule has 2 aliphatic rings. The molecule has 7 heteroatoms. The minimum Gasteiger partial charge on any atom is -0.468 e. The average Bonchev–Trinajstić information content (AvgIpc) is 3.16. The molecule has 2 aromatic heterocycles. The molecule has 0 aliphatic carbocycles. The molecule has 0 aromatic carbocycles. The molecule has 2 aromatic rings. The minimum atomic E-state index is -0.215. The summed E-state index contributed by atoms with van der Waals surface area (Å²) in [6, 6.07) is 0. The van der Waals surface area contributed by atoms with Gasteiger partial charge in [-0.1, -0.05) is 0 Å². The van der Waals surface area contributed by atoms with Crippen LogP contribution >= 0.6 is 0 Å². The van der Waals surface area contributed by atoms with Gasteiger partial charge in [-0.2, -0.15) is 0 Å². The van der Waals surface area contributed by atoms with Crippen LogP contribution in [0.15, 0.2) is 17.0 Å². The van der Waals surface area contributed by atoms with E-state index in [1.54, 1.807) is 4.90 Å². The molecule has 0 fully saturated rings. The van der Waals surface area contributed by atoms with Crippen molar-refractivity contribution in [2.24, 2.45) is 0 Å². The summed E-state index contributed by atoms with van der Waals surface area (Å²) in [6.45, 7) is 4.67. The monoisotopic (exact) mass is 328 g/mol. The predicted molar refractivity (Wildman–Crippen MR) is 85.7 cm³/mol. The molecule has 0 spiro atoms. The molecule has 1 N–H and O–H groups in total. The molecule has 0 saturated carbocycles. The normalized spacial score (nSPS) is 17.0. The number of amides is 2. The molecule has 7 nitrogen and oxygen atoms in total. The molecule has 0 saturated heterocycles. The molecule has 2 aliphatic heterocycles. The van der Waals surface area contributed by atoms with Crippen molar-refractivity contribution in [2.75, 3.05) is 13.1 Å². The standard InChI is InChI=1S/C17H20N4O3/c1-2-20-10-19-12-8-21(7-5-13(12)20)17(23)11-9-24-14-4-3-6-18-16(22)15(11)14/h9-10H,2-8H2,1H3,(H,18,22). The molecule has 0 atom stereocenters. The summed E-state index contributed by atoms with van der Waals surface area (Å²) in [5, 5.41) is 2.83. The van der Waals surface area contributed by atoms with Gasteiger partial charge in [0.25, 0.3) is 11.8 Å². The molecule has 126 valence electrons. The maximum absolute atomic E-state index is 12.9. The summed E-state index contributed by atoms with van der Waals surface area (Å²) >= 11 is 0. The number of fused-ring (bicyclic) bond motifs is 2. The van der Waals surface area contributed by atoms with Crippen molar-refractivity contribution in [3.8, 4) is 0 Å². The molecule has 0 unspecified atom stereocenters. The van der Waals surface area contributed by atoms with Gasteiger partial charge in [0, 0.05) is 38.2 Å². The van der Waals surface area contributed by atoms with Crippen molar-refractivity contribution in [3.05, 3.63) is 40.9 Å². The number of nitrogens with zero attached hydrogens (tertiary/aromatic N) is 3. The third kappa shape index (κ3) is 2.31. The predicted octanol–water partition coefficient (Wildman–Crippen LogP) is 1.37. The lowest BCUT2D eigenvalue weighted by Gasteiger charge is -2.27. The van der Waals surface area contributed by atoms with Crippen molar-refractivity contribution in [1.29, 1.82) is 0 Å². The van der Waals surface area contributed by atoms with E-state index in [9.17, 15) is 9.59 Å². The Labute approximate surface area is 139 Å². The number of furan rings is 1. The fourth-order valence-electron chi connectivity index (χ4n) is 3.51. The lowest BCUT2D eigenvalue weighted by molar-refractivity contribution is 0.0725. The molecular formula is C17H20N4O3. The Morgan fingerprint density at radius 2 is 2.29 bits per heavy atom. The first kappa shape index (κ1) is 15.0.